The van der Waals surface area contributed by atoms with E-state index in [1.807, 2.05) is 0 Å². The van der Waals surface area contributed by atoms with Crippen molar-refractivity contribution in [2.75, 3.05) is 13.1 Å². The highest BCUT2D eigenvalue weighted by atomic mass is 35.5. The Hall–Kier alpha value is -0.0900. The number of nitrogens with one attached hydrogen (secondary N) is 1. The molecule has 0 amide bonds. The van der Waals surface area contributed by atoms with Crippen LogP contribution in [0.15, 0.2) is 11.4 Å². The average molecular weight is 259 g/mol. The lowest BCUT2D eigenvalue weighted by Crippen LogP contribution is -2.54. The molecule has 1 N–H and O–H groups in total. The number of rotatable bonds is 2. The Morgan fingerprint density at radius 1 is 1.44 bits per heavy atom. The van der Waals surface area contributed by atoms with Crippen molar-refractivity contribution in [3.63, 3.8) is 0 Å². The summed E-state index contributed by atoms with van der Waals surface area (Å²) in [6.45, 7) is 8.98. The molecular weight excluding hydrogens is 240 g/mol. The van der Waals surface area contributed by atoms with Crippen LogP contribution in [0.1, 0.15) is 32.4 Å². The van der Waals surface area contributed by atoms with Gasteiger partial charge in [0.1, 0.15) is 0 Å². The third kappa shape index (κ3) is 2.77. The fraction of sp³-hybridized carbons (Fsp3) is 0.667. The lowest BCUT2D eigenvalue weighted by Gasteiger charge is -2.39. The molecule has 3 atom stereocenters. The molecule has 0 aromatic carbocycles. The number of hydrogen-bond acceptors (Lipinski definition) is 3. The quantitative estimate of drug-likeness (QED) is 0.877. The maximum absolute atomic E-state index is 5.99. The summed E-state index contributed by atoms with van der Waals surface area (Å²) < 4.78 is 0.887. The van der Waals surface area contributed by atoms with Gasteiger partial charge in [0.05, 0.1) is 4.34 Å². The first-order valence-corrected chi connectivity index (χ1v) is 7.06. The van der Waals surface area contributed by atoms with Crippen molar-refractivity contribution < 1.29 is 0 Å². The van der Waals surface area contributed by atoms with Crippen LogP contribution in [0.3, 0.4) is 0 Å². The van der Waals surface area contributed by atoms with Gasteiger partial charge in [-0.15, -0.1) is 11.3 Å². The van der Waals surface area contributed by atoms with Crippen LogP contribution in [-0.2, 0) is 0 Å². The molecule has 90 valence electrons. The molecule has 1 aliphatic rings. The summed E-state index contributed by atoms with van der Waals surface area (Å²) in [6.07, 6.45) is 0. The second kappa shape index (κ2) is 5.05. The van der Waals surface area contributed by atoms with Crippen molar-refractivity contribution >= 4 is 22.9 Å². The topological polar surface area (TPSA) is 15.3 Å². The van der Waals surface area contributed by atoms with Crippen LogP contribution in [0.2, 0.25) is 4.34 Å². The van der Waals surface area contributed by atoms with Crippen LogP contribution < -0.4 is 5.32 Å². The first-order valence-electron chi connectivity index (χ1n) is 5.80. The minimum atomic E-state index is 0.468. The van der Waals surface area contributed by atoms with Crippen molar-refractivity contribution in [1.82, 2.24) is 10.2 Å². The maximum atomic E-state index is 5.99. The Morgan fingerprint density at radius 3 is 2.56 bits per heavy atom. The van der Waals surface area contributed by atoms with Crippen molar-refractivity contribution in [3.8, 4) is 0 Å². The summed E-state index contributed by atoms with van der Waals surface area (Å²) in [5.74, 6) is 0. The van der Waals surface area contributed by atoms with Crippen molar-refractivity contribution in [2.45, 2.75) is 38.9 Å². The van der Waals surface area contributed by atoms with Crippen LogP contribution in [0.25, 0.3) is 0 Å². The predicted molar refractivity (Wildman–Crippen MR) is 71.4 cm³/mol. The number of hydrogen-bond donors (Lipinski definition) is 1. The third-order valence-corrected chi connectivity index (χ3v) is 4.31. The highest BCUT2D eigenvalue weighted by Gasteiger charge is 2.25. The van der Waals surface area contributed by atoms with Gasteiger partial charge in [-0.2, -0.15) is 0 Å². The van der Waals surface area contributed by atoms with Gasteiger partial charge in [-0.05, 0) is 37.8 Å². The van der Waals surface area contributed by atoms with E-state index in [1.165, 1.54) is 5.56 Å². The summed E-state index contributed by atoms with van der Waals surface area (Å²) in [5, 5.41) is 5.73. The predicted octanol–water partition coefficient (Wildman–Crippen LogP) is 3.14. The first kappa shape index (κ1) is 12.4. The molecule has 2 heterocycles. The van der Waals surface area contributed by atoms with E-state index in [4.69, 9.17) is 11.6 Å². The van der Waals surface area contributed by atoms with Gasteiger partial charge >= 0.3 is 0 Å². The summed E-state index contributed by atoms with van der Waals surface area (Å²) in [7, 11) is 0. The van der Waals surface area contributed by atoms with E-state index in [2.05, 4.69) is 42.4 Å². The van der Waals surface area contributed by atoms with E-state index in [9.17, 15) is 0 Å². The van der Waals surface area contributed by atoms with Gasteiger partial charge in [0.2, 0.25) is 0 Å². The first-order chi connectivity index (χ1) is 7.56. The molecule has 0 aliphatic carbocycles. The zero-order valence-corrected chi connectivity index (χ0v) is 11.6. The molecule has 2 rings (SSSR count). The third-order valence-electron chi connectivity index (χ3n) is 3.20. The normalized spacial score (nSPS) is 29.2. The van der Waals surface area contributed by atoms with Crippen LogP contribution in [0.5, 0.6) is 0 Å². The van der Waals surface area contributed by atoms with Gasteiger partial charge in [0.15, 0.2) is 0 Å². The number of thiophene rings is 1. The van der Waals surface area contributed by atoms with Crippen LogP contribution in [0.4, 0.5) is 0 Å². The Labute approximate surface area is 107 Å². The average Bonchev–Trinajstić information content (AvgIpc) is 2.62. The fourth-order valence-corrected chi connectivity index (χ4v) is 3.42. The summed E-state index contributed by atoms with van der Waals surface area (Å²) in [4.78, 5) is 2.53. The Morgan fingerprint density at radius 2 is 2.06 bits per heavy atom. The molecule has 1 aromatic rings. The number of nitrogens with zero attached hydrogens (tertiary/aromatic N) is 1. The molecule has 0 saturated carbocycles. The standard InChI is InChI=1S/C12H19ClN2S/c1-8-5-15(6-9(2)14-8)10(3)11-4-12(13)16-7-11/h4,7-10,14H,5-6H2,1-3H3. The van der Waals surface area contributed by atoms with Gasteiger partial charge in [-0.25, -0.2) is 0 Å². The van der Waals surface area contributed by atoms with Crippen LogP contribution in [-0.4, -0.2) is 30.1 Å². The molecule has 1 aromatic heterocycles. The molecule has 0 bridgehead atoms. The van der Waals surface area contributed by atoms with Crippen LogP contribution >= 0.6 is 22.9 Å². The molecule has 0 spiro atoms. The number of piperazine rings is 1. The maximum Gasteiger partial charge on any atom is 0.0931 e. The monoisotopic (exact) mass is 258 g/mol. The zero-order chi connectivity index (χ0) is 11.7. The Balaban J connectivity index is 2.06. The molecular formula is C12H19ClN2S. The second-order valence-corrected chi connectivity index (χ2v) is 6.33. The molecule has 2 nitrogen and oxygen atoms in total. The lowest BCUT2D eigenvalue weighted by atomic mass is 10.1. The van der Waals surface area contributed by atoms with Gasteiger partial charge < -0.3 is 5.32 Å². The number of halogens is 1. The second-order valence-electron chi connectivity index (χ2n) is 4.78. The van der Waals surface area contributed by atoms with E-state index in [-0.39, 0.29) is 0 Å². The van der Waals surface area contributed by atoms with Crippen molar-refractivity contribution in [2.24, 2.45) is 0 Å². The largest absolute Gasteiger partial charge is 0.309 e. The van der Waals surface area contributed by atoms with E-state index in [0.29, 0.717) is 18.1 Å². The molecule has 1 aliphatic heterocycles. The Bertz CT molecular complexity index is 343. The van der Waals surface area contributed by atoms with E-state index < -0.39 is 0 Å². The zero-order valence-electron chi connectivity index (χ0n) is 10.0. The highest BCUT2D eigenvalue weighted by Crippen LogP contribution is 2.29. The molecule has 1 saturated heterocycles. The molecule has 3 unspecified atom stereocenters. The molecule has 0 radical (unpaired) electrons. The summed E-state index contributed by atoms with van der Waals surface area (Å²) in [5.41, 5.74) is 1.34. The Kier molecular flexibility index (Phi) is 3.90. The molecule has 4 heteroatoms. The van der Waals surface area contributed by atoms with Crippen LogP contribution in [0, 0.1) is 0 Å². The van der Waals surface area contributed by atoms with Crippen molar-refractivity contribution in [3.05, 3.63) is 21.3 Å². The van der Waals surface area contributed by atoms with Gasteiger partial charge in [0.25, 0.3) is 0 Å². The van der Waals surface area contributed by atoms with Gasteiger partial charge in [-0.1, -0.05) is 11.6 Å². The fourth-order valence-electron chi connectivity index (χ4n) is 2.44. The minimum Gasteiger partial charge on any atom is -0.309 e. The van der Waals surface area contributed by atoms with E-state index in [0.717, 1.165) is 17.4 Å². The molecule has 1 fully saturated rings. The lowest BCUT2D eigenvalue weighted by molar-refractivity contribution is 0.131. The summed E-state index contributed by atoms with van der Waals surface area (Å²) >= 11 is 7.61. The van der Waals surface area contributed by atoms with Crippen molar-refractivity contribution in [1.29, 1.82) is 0 Å². The minimum absolute atomic E-state index is 0.468. The SMILES string of the molecule is CC1CN(C(C)c2csc(Cl)c2)CC(C)N1. The highest BCUT2D eigenvalue weighted by molar-refractivity contribution is 7.14. The van der Waals surface area contributed by atoms with E-state index in [1.54, 1.807) is 11.3 Å². The van der Waals surface area contributed by atoms with Gasteiger partial charge in [-0.3, -0.25) is 4.90 Å². The summed E-state index contributed by atoms with van der Waals surface area (Å²) in [6, 6.07) is 3.70. The van der Waals surface area contributed by atoms with E-state index >= 15 is 0 Å². The molecule has 16 heavy (non-hydrogen) atoms. The van der Waals surface area contributed by atoms with Gasteiger partial charge in [0, 0.05) is 31.2 Å². The smallest absolute Gasteiger partial charge is 0.0931 e.